The number of amides is 3. The first-order chi connectivity index (χ1) is 14.5. The lowest BCUT2D eigenvalue weighted by atomic mass is 9.90. The Bertz CT molecular complexity index is 880. The average molecular weight is 412 g/mol. The number of nitrogens with one attached hydrogen (secondary N) is 3. The molecular formula is C22H28N4O4. The smallest absolute Gasteiger partial charge is 0.255 e. The predicted octanol–water partition coefficient (Wildman–Crippen LogP) is 0.448. The third-order valence-corrected chi connectivity index (χ3v) is 6.83. The molecule has 3 fully saturated rings. The Morgan fingerprint density at radius 2 is 2.17 bits per heavy atom. The summed E-state index contributed by atoms with van der Waals surface area (Å²) in [6, 6.07) is 5.66. The molecule has 4 aliphatic rings. The molecule has 3 unspecified atom stereocenters. The summed E-state index contributed by atoms with van der Waals surface area (Å²) in [5.41, 5.74) is 2.71. The minimum atomic E-state index is -0.569. The minimum absolute atomic E-state index is 0.0112. The quantitative estimate of drug-likeness (QED) is 0.621. The van der Waals surface area contributed by atoms with Gasteiger partial charge < -0.3 is 20.3 Å². The van der Waals surface area contributed by atoms with Gasteiger partial charge in [-0.25, -0.2) is 0 Å². The second-order valence-electron chi connectivity index (χ2n) is 8.95. The lowest BCUT2D eigenvalue weighted by Gasteiger charge is -2.33. The van der Waals surface area contributed by atoms with Crippen molar-refractivity contribution in [3.8, 4) is 0 Å². The van der Waals surface area contributed by atoms with Gasteiger partial charge in [-0.2, -0.15) is 0 Å². The highest BCUT2D eigenvalue weighted by Crippen LogP contribution is 2.32. The van der Waals surface area contributed by atoms with Crippen molar-refractivity contribution in [2.75, 3.05) is 19.7 Å². The molecule has 4 aliphatic heterocycles. The van der Waals surface area contributed by atoms with Gasteiger partial charge in [-0.15, -0.1) is 0 Å². The Morgan fingerprint density at radius 3 is 2.97 bits per heavy atom. The van der Waals surface area contributed by atoms with Crippen LogP contribution in [0.5, 0.6) is 0 Å². The fraction of sp³-hybridized carbons (Fsp3) is 0.591. The number of hydrogen-bond acceptors (Lipinski definition) is 6. The molecule has 0 aliphatic carbocycles. The first kappa shape index (κ1) is 19.7. The van der Waals surface area contributed by atoms with Crippen molar-refractivity contribution in [1.29, 1.82) is 0 Å². The fourth-order valence-corrected chi connectivity index (χ4v) is 5.21. The molecule has 3 atom stereocenters. The van der Waals surface area contributed by atoms with Crippen LogP contribution in [0.2, 0.25) is 0 Å². The first-order valence-electron chi connectivity index (χ1n) is 10.9. The van der Waals surface area contributed by atoms with Crippen LogP contribution in [-0.2, 0) is 27.4 Å². The van der Waals surface area contributed by atoms with E-state index in [9.17, 15) is 14.4 Å². The van der Waals surface area contributed by atoms with Gasteiger partial charge in [-0.05, 0) is 49.4 Å². The number of piperidine rings is 2. The number of rotatable bonds is 4. The number of ether oxygens (including phenoxy) is 1. The maximum atomic E-state index is 12.8. The van der Waals surface area contributed by atoms with Gasteiger partial charge in [0.05, 0.1) is 12.2 Å². The topological polar surface area (TPSA) is 99.8 Å². The van der Waals surface area contributed by atoms with Gasteiger partial charge in [0.1, 0.15) is 6.04 Å². The lowest BCUT2D eigenvalue weighted by molar-refractivity contribution is -0.136. The zero-order valence-corrected chi connectivity index (χ0v) is 17.0. The summed E-state index contributed by atoms with van der Waals surface area (Å²) in [6.07, 6.45) is 3.96. The van der Waals surface area contributed by atoms with E-state index < -0.39 is 6.04 Å². The van der Waals surface area contributed by atoms with Crippen LogP contribution in [0, 0.1) is 0 Å². The van der Waals surface area contributed by atoms with E-state index in [4.69, 9.17) is 4.74 Å². The SMILES string of the molecule is O=C1CCC(N2Cc3cc(CNC4COC5(CCCNC5)C4)ccc3C2=O)C(=O)N1. The fourth-order valence-electron chi connectivity index (χ4n) is 5.21. The molecule has 0 saturated carbocycles. The minimum Gasteiger partial charge on any atom is -0.372 e. The van der Waals surface area contributed by atoms with Crippen molar-refractivity contribution in [1.82, 2.24) is 20.9 Å². The summed E-state index contributed by atoms with van der Waals surface area (Å²) in [6.45, 7) is 3.87. The first-order valence-corrected chi connectivity index (χ1v) is 10.9. The summed E-state index contributed by atoms with van der Waals surface area (Å²) in [4.78, 5) is 38.0. The van der Waals surface area contributed by atoms with Gasteiger partial charge in [-0.1, -0.05) is 12.1 Å². The number of carbonyl (C=O) groups is 3. The Hall–Kier alpha value is -2.29. The van der Waals surface area contributed by atoms with Gasteiger partial charge >= 0.3 is 0 Å². The highest BCUT2D eigenvalue weighted by Gasteiger charge is 2.41. The van der Waals surface area contributed by atoms with Crippen molar-refractivity contribution in [3.05, 3.63) is 34.9 Å². The Balaban J connectivity index is 1.21. The Kier molecular flexibility index (Phi) is 5.08. The van der Waals surface area contributed by atoms with Crippen molar-refractivity contribution in [2.24, 2.45) is 0 Å². The Morgan fingerprint density at radius 1 is 1.27 bits per heavy atom. The van der Waals surface area contributed by atoms with Crippen LogP contribution >= 0.6 is 0 Å². The largest absolute Gasteiger partial charge is 0.372 e. The zero-order chi connectivity index (χ0) is 20.7. The summed E-state index contributed by atoms with van der Waals surface area (Å²) >= 11 is 0. The molecule has 1 aromatic carbocycles. The van der Waals surface area contributed by atoms with E-state index in [1.165, 1.54) is 0 Å². The highest BCUT2D eigenvalue weighted by molar-refractivity contribution is 6.05. The molecule has 0 aromatic heterocycles. The lowest BCUT2D eigenvalue weighted by Crippen LogP contribution is -2.52. The van der Waals surface area contributed by atoms with Crippen LogP contribution in [0.3, 0.4) is 0 Å². The normalized spacial score (nSPS) is 31.3. The maximum absolute atomic E-state index is 12.8. The van der Waals surface area contributed by atoms with Gasteiger partial charge in [0, 0.05) is 37.7 Å². The van der Waals surface area contributed by atoms with Crippen LogP contribution in [0.25, 0.3) is 0 Å². The molecule has 3 N–H and O–H groups in total. The molecule has 8 nitrogen and oxygen atoms in total. The van der Waals surface area contributed by atoms with Gasteiger partial charge in [-0.3, -0.25) is 19.7 Å². The van der Waals surface area contributed by atoms with Crippen LogP contribution < -0.4 is 16.0 Å². The van der Waals surface area contributed by atoms with E-state index in [2.05, 4.69) is 22.0 Å². The number of fused-ring (bicyclic) bond motifs is 1. The molecule has 0 radical (unpaired) electrons. The maximum Gasteiger partial charge on any atom is 0.255 e. The number of carbonyl (C=O) groups excluding carboxylic acids is 3. The van der Waals surface area contributed by atoms with Crippen LogP contribution in [0.1, 0.15) is 53.6 Å². The second-order valence-corrected chi connectivity index (χ2v) is 8.95. The van der Waals surface area contributed by atoms with E-state index in [-0.39, 0.29) is 29.7 Å². The molecular weight excluding hydrogens is 384 g/mol. The van der Waals surface area contributed by atoms with Crippen LogP contribution in [0.15, 0.2) is 18.2 Å². The summed E-state index contributed by atoms with van der Waals surface area (Å²) < 4.78 is 6.13. The van der Waals surface area contributed by atoms with E-state index in [1.54, 1.807) is 4.90 Å². The van der Waals surface area contributed by atoms with Gasteiger partial charge in [0.2, 0.25) is 11.8 Å². The predicted molar refractivity (Wildman–Crippen MR) is 109 cm³/mol. The number of hydrogen-bond donors (Lipinski definition) is 3. The van der Waals surface area contributed by atoms with Crippen molar-refractivity contribution in [2.45, 2.75) is 62.9 Å². The van der Waals surface area contributed by atoms with Crippen LogP contribution in [-0.4, -0.2) is 60.0 Å². The van der Waals surface area contributed by atoms with Crippen molar-refractivity contribution < 1.29 is 19.1 Å². The molecule has 8 heteroatoms. The van der Waals surface area contributed by atoms with E-state index in [0.717, 1.165) is 56.6 Å². The standard InChI is InChI=1S/C22H28N4O4/c27-19-5-4-18(20(28)25-19)26-11-15-8-14(2-3-17(15)21(26)29)10-24-16-9-22(30-12-16)6-1-7-23-13-22/h2-3,8,16,18,23-24H,1,4-7,9-13H2,(H,25,27,28). The molecule has 0 bridgehead atoms. The van der Waals surface area contributed by atoms with Gasteiger partial charge in [0.25, 0.3) is 5.91 Å². The second kappa shape index (κ2) is 7.76. The zero-order valence-electron chi connectivity index (χ0n) is 17.0. The molecule has 3 amide bonds. The summed E-state index contributed by atoms with van der Waals surface area (Å²) in [5.74, 6) is -0.771. The number of nitrogens with zero attached hydrogens (tertiary/aromatic N) is 1. The third kappa shape index (κ3) is 3.64. The number of imide groups is 1. The molecule has 160 valence electrons. The molecule has 3 saturated heterocycles. The monoisotopic (exact) mass is 412 g/mol. The molecule has 5 rings (SSSR count). The third-order valence-electron chi connectivity index (χ3n) is 6.83. The van der Waals surface area contributed by atoms with Crippen molar-refractivity contribution in [3.63, 3.8) is 0 Å². The highest BCUT2D eigenvalue weighted by atomic mass is 16.5. The molecule has 1 spiro atoms. The number of benzene rings is 1. The van der Waals surface area contributed by atoms with Gasteiger partial charge in [0.15, 0.2) is 0 Å². The summed E-state index contributed by atoms with van der Waals surface area (Å²) in [7, 11) is 0. The molecule has 30 heavy (non-hydrogen) atoms. The summed E-state index contributed by atoms with van der Waals surface area (Å²) in [5, 5.41) is 9.39. The van der Waals surface area contributed by atoms with E-state index in [1.807, 2.05) is 12.1 Å². The average Bonchev–Trinajstić information content (AvgIpc) is 3.28. The molecule has 4 heterocycles. The van der Waals surface area contributed by atoms with Crippen molar-refractivity contribution >= 4 is 17.7 Å². The Labute approximate surface area is 175 Å². The molecule has 1 aromatic rings. The van der Waals surface area contributed by atoms with E-state index in [0.29, 0.717) is 24.6 Å². The van der Waals surface area contributed by atoms with Crippen LogP contribution in [0.4, 0.5) is 0 Å². The van der Waals surface area contributed by atoms with E-state index >= 15 is 0 Å².